The van der Waals surface area contributed by atoms with Crippen LogP contribution in [-0.2, 0) is 11.3 Å². The fourth-order valence-corrected chi connectivity index (χ4v) is 4.37. The van der Waals surface area contributed by atoms with Gasteiger partial charge in [0.2, 0.25) is 5.91 Å². The van der Waals surface area contributed by atoms with Crippen LogP contribution in [0, 0.1) is 6.92 Å². The van der Waals surface area contributed by atoms with Crippen molar-refractivity contribution < 1.29 is 4.79 Å². The SMILES string of the molecule is Cc1cccc(C(C)C)c1NC(=O)CCn1c2ccccc2c2nc3ccccc3nc21. The summed E-state index contributed by atoms with van der Waals surface area (Å²) in [7, 11) is 0. The van der Waals surface area contributed by atoms with Crippen LogP contribution >= 0.6 is 0 Å². The number of amides is 1. The van der Waals surface area contributed by atoms with E-state index in [1.807, 2.05) is 55.5 Å². The number of anilines is 1. The molecular formula is C27H26N4O. The number of hydrogen-bond donors (Lipinski definition) is 1. The lowest BCUT2D eigenvalue weighted by Crippen LogP contribution is -2.17. The van der Waals surface area contributed by atoms with Crippen LogP contribution in [0.15, 0.2) is 66.7 Å². The minimum atomic E-state index is 0.000814. The van der Waals surface area contributed by atoms with Crippen molar-refractivity contribution in [3.8, 4) is 0 Å². The fourth-order valence-electron chi connectivity index (χ4n) is 4.37. The molecule has 0 spiro atoms. The summed E-state index contributed by atoms with van der Waals surface area (Å²) < 4.78 is 2.12. The maximum absolute atomic E-state index is 13.0. The van der Waals surface area contributed by atoms with Crippen molar-refractivity contribution in [2.75, 3.05) is 5.32 Å². The Morgan fingerprint density at radius 2 is 1.66 bits per heavy atom. The molecule has 0 saturated heterocycles. The molecule has 3 aromatic carbocycles. The molecule has 0 aliphatic heterocycles. The van der Waals surface area contributed by atoms with Gasteiger partial charge in [0.1, 0.15) is 5.52 Å². The Morgan fingerprint density at radius 3 is 2.44 bits per heavy atom. The van der Waals surface area contributed by atoms with Gasteiger partial charge in [-0.05, 0) is 42.2 Å². The summed E-state index contributed by atoms with van der Waals surface area (Å²) in [6, 6.07) is 22.2. The normalized spacial score (nSPS) is 11.6. The number of aromatic nitrogens is 3. The average Bonchev–Trinajstić information content (AvgIpc) is 3.10. The molecule has 0 fully saturated rings. The Morgan fingerprint density at radius 1 is 0.938 bits per heavy atom. The molecule has 0 radical (unpaired) electrons. The zero-order chi connectivity index (χ0) is 22.2. The van der Waals surface area contributed by atoms with E-state index in [1.165, 1.54) is 0 Å². The Kier molecular flexibility index (Phi) is 5.10. The standard InChI is InChI=1S/C27H26N4O/c1-17(2)19-11-8-9-18(3)25(19)30-24(32)15-16-31-23-14-7-4-10-20(23)26-27(31)29-22-13-6-5-12-21(22)28-26/h4-14,17H,15-16H2,1-3H3,(H,30,32). The average molecular weight is 423 g/mol. The van der Waals surface area contributed by atoms with Gasteiger partial charge < -0.3 is 9.88 Å². The van der Waals surface area contributed by atoms with Gasteiger partial charge in [-0.25, -0.2) is 9.97 Å². The molecule has 2 heterocycles. The van der Waals surface area contributed by atoms with Gasteiger partial charge >= 0.3 is 0 Å². The Labute approximate surface area is 187 Å². The molecule has 5 rings (SSSR count). The summed E-state index contributed by atoms with van der Waals surface area (Å²) in [5.41, 5.74) is 7.64. The van der Waals surface area contributed by atoms with E-state index in [9.17, 15) is 4.79 Å². The van der Waals surface area contributed by atoms with Crippen molar-refractivity contribution in [3.63, 3.8) is 0 Å². The molecule has 1 N–H and O–H groups in total. The summed E-state index contributed by atoms with van der Waals surface area (Å²) >= 11 is 0. The largest absolute Gasteiger partial charge is 0.326 e. The first-order valence-corrected chi connectivity index (χ1v) is 11.1. The lowest BCUT2D eigenvalue weighted by atomic mass is 9.98. The zero-order valence-electron chi connectivity index (χ0n) is 18.6. The number of fused-ring (bicyclic) bond motifs is 4. The quantitative estimate of drug-likeness (QED) is 0.367. The highest BCUT2D eigenvalue weighted by molar-refractivity contribution is 6.06. The molecule has 0 atom stereocenters. The maximum Gasteiger partial charge on any atom is 0.226 e. The number of hydrogen-bond acceptors (Lipinski definition) is 3. The molecule has 5 heteroatoms. The molecule has 5 aromatic rings. The van der Waals surface area contributed by atoms with Gasteiger partial charge in [-0.15, -0.1) is 0 Å². The molecule has 5 nitrogen and oxygen atoms in total. The van der Waals surface area contributed by atoms with Crippen LogP contribution in [-0.4, -0.2) is 20.4 Å². The third-order valence-corrected chi connectivity index (χ3v) is 6.01. The number of aryl methyl sites for hydroxylation is 2. The lowest BCUT2D eigenvalue weighted by Gasteiger charge is -2.16. The first-order chi connectivity index (χ1) is 15.5. The van der Waals surface area contributed by atoms with E-state index in [0.717, 1.165) is 49.9 Å². The van der Waals surface area contributed by atoms with Crippen molar-refractivity contribution in [2.45, 2.75) is 39.7 Å². The number of nitrogens with one attached hydrogen (secondary N) is 1. The molecular weight excluding hydrogens is 396 g/mol. The molecule has 160 valence electrons. The molecule has 0 bridgehead atoms. The van der Waals surface area contributed by atoms with Gasteiger partial charge in [0.15, 0.2) is 5.65 Å². The summed E-state index contributed by atoms with van der Waals surface area (Å²) in [4.78, 5) is 22.7. The first-order valence-electron chi connectivity index (χ1n) is 11.1. The van der Waals surface area contributed by atoms with Crippen LogP contribution in [0.25, 0.3) is 33.1 Å². The Balaban J connectivity index is 1.49. The summed E-state index contributed by atoms with van der Waals surface area (Å²) in [5.74, 6) is 0.340. The maximum atomic E-state index is 13.0. The van der Waals surface area contributed by atoms with E-state index in [4.69, 9.17) is 9.97 Å². The number of para-hydroxylation sites is 4. The lowest BCUT2D eigenvalue weighted by molar-refractivity contribution is -0.116. The highest BCUT2D eigenvalue weighted by Gasteiger charge is 2.16. The van der Waals surface area contributed by atoms with Crippen molar-refractivity contribution in [1.82, 2.24) is 14.5 Å². The number of benzene rings is 3. The van der Waals surface area contributed by atoms with Crippen molar-refractivity contribution in [1.29, 1.82) is 0 Å². The van der Waals surface area contributed by atoms with E-state index in [2.05, 4.69) is 41.9 Å². The van der Waals surface area contributed by atoms with Gasteiger partial charge in [-0.1, -0.05) is 62.4 Å². The molecule has 0 aliphatic rings. The van der Waals surface area contributed by atoms with Crippen LogP contribution < -0.4 is 5.32 Å². The van der Waals surface area contributed by atoms with E-state index in [0.29, 0.717) is 18.9 Å². The second-order valence-electron chi connectivity index (χ2n) is 8.55. The summed E-state index contributed by atoms with van der Waals surface area (Å²) in [6.45, 7) is 6.86. The second-order valence-corrected chi connectivity index (χ2v) is 8.55. The van der Waals surface area contributed by atoms with E-state index >= 15 is 0 Å². The van der Waals surface area contributed by atoms with E-state index < -0.39 is 0 Å². The minimum Gasteiger partial charge on any atom is -0.326 e. The summed E-state index contributed by atoms with van der Waals surface area (Å²) in [5, 5.41) is 4.22. The third kappa shape index (κ3) is 3.50. The van der Waals surface area contributed by atoms with Crippen LogP contribution in [0.1, 0.15) is 37.3 Å². The Hall–Kier alpha value is -3.73. The Bertz CT molecular complexity index is 1470. The van der Waals surface area contributed by atoms with E-state index in [-0.39, 0.29) is 5.91 Å². The predicted octanol–water partition coefficient (Wildman–Crippen LogP) is 6.20. The van der Waals surface area contributed by atoms with Crippen molar-refractivity contribution in [3.05, 3.63) is 77.9 Å². The monoisotopic (exact) mass is 422 g/mol. The van der Waals surface area contributed by atoms with Crippen LogP contribution in [0.2, 0.25) is 0 Å². The van der Waals surface area contributed by atoms with Crippen LogP contribution in [0.5, 0.6) is 0 Å². The van der Waals surface area contributed by atoms with Gasteiger partial charge in [-0.2, -0.15) is 0 Å². The van der Waals surface area contributed by atoms with Crippen molar-refractivity contribution in [2.24, 2.45) is 0 Å². The molecule has 32 heavy (non-hydrogen) atoms. The molecule has 0 unspecified atom stereocenters. The fraction of sp³-hybridized carbons (Fsp3) is 0.222. The van der Waals surface area contributed by atoms with E-state index in [1.54, 1.807) is 0 Å². The van der Waals surface area contributed by atoms with Gasteiger partial charge in [0, 0.05) is 24.0 Å². The molecule has 1 amide bonds. The highest BCUT2D eigenvalue weighted by atomic mass is 16.1. The first kappa shape index (κ1) is 20.2. The van der Waals surface area contributed by atoms with Gasteiger partial charge in [0.05, 0.1) is 16.6 Å². The zero-order valence-corrected chi connectivity index (χ0v) is 18.6. The van der Waals surface area contributed by atoms with Crippen LogP contribution in [0.4, 0.5) is 5.69 Å². The van der Waals surface area contributed by atoms with Gasteiger partial charge in [0.25, 0.3) is 0 Å². The second kappa shape index (κ2) is 8.08. The predicted molar refractivity (Wildman–Crippen MR) is 131 cm³/mol. The third-order valence-electron chi connectivity index (χ3n) is 6.01. The smallest absolute Gasteiger partial charge is 0.226 e. The minimum absolute atomic E-state index is 0.000814. The topological polar surface area (TPSA) is 59.8 Å². The number of carbonyl (C=O) groups is 1. The summed E-state index contributed by atoms with van der Waals surface area (Å²) in [6.07, 6.45) is 0.355. The number of nitrogens with zero attached hydrogens (tertiary/aromatic N) is 3. The van der Waals surface area contributed by atoms with Crippen LogP contribution in [0.3, 0.4) is 0 Å². The number of rotatable bonds is 5. The number of carbonyl (C=O) groups excluding carboxylic acids is 1. The van der Waals surface area contributed by atoms with Crippen molar-refractivity contribution >= 4 is 44.7 Å². The van der Waals surface area contributed by atoms with Gasteiger partial charge in [-0.3, -0.25) is 4.79 Å². The molecule has 2 aromatic heterocycles. The highest BCUT2D eigenvalue weighted by Crippen LogP contribution is 2.29. The molecule has 0 aliphatic carbocycles. The molecule has 0 saturated carbocycles.